The summed E-state index contributed by atoms with van der Waals surface area (Å²) in [5.41, 5.74) is 1.59. The summed E-state index contributed by atoms with van der Waals surface area (Å²) < 4.78 is 10.7. The lowest BCUT2D eigenvalue weighted by molar-refractivity contribution is 0.104. The minimum absolute atomic E-state index is 0.0369. The van der Waals surface area contributed by atoms with Crippen LogP contribution in [0.1, 0.15) is 29.8 Å². The number of carbonyl (C=O) groups excluding carboxylic acids is 1. The number of benzene rings is 2. The molecule has 0 atom stereocenters. The van der Waals surface area contributed by atoms with Crippen molar-refractivity contribution in [2.75, 3.05) is 7.11 Å². The molecule has 0 aliphatic carbocycles. The number of ether oxygens (including phenoxy) is 2. The Morgan fingerprint density at radius 3 is 2.09 bits per heavy atom. The van der Waals surface area contributed by atoms with Crippen LogP contribution >= 0.6 is 0 Å². The first-order valence-corrected chi connectivity index (χ1v) is 7.21. The van der Waals surface area contributed by atoms with Gasteiger partial charge >= 0.3 is 0 Å². The Balaban J connectivity index is 2.02. The lowest BCUT2D eigenvalue weighted by Crippen LogP contribution is -2.05. The molecule has 0 spiro atoms. The average Bonchev–Trinajstić information content (AvgIpc) is 2.53. The van der Waals surface area contributed by atoms with Crippen LogP contribution in [0, 0.1) is 0 Å². The van der Waals surface area contributed by atoms with E-state index >= 15 is 0 Å². The van der Waals surface area contributed by atoms with Gasteiger partial charge in [-0.1, -0.05) is 18.2 Å². The Hall–Kier alpha value is -2.55. The van der Waals surface area contributed by atoms with Gasteiger partial charge in [0, 0.05) is 5.56 Å². The Morgan fingerprint density at radius 2 is 1.55 bits per heavy atom. The number of rotatable bonds is 6. The molecule has 0 aliphatic heterocycles. The highest BCUT2D eigenvalue weighted by atomic mass is 16.5. The normalized spacial score (nSPS) is 10.9. The third-order valence-electron chi connectivity index (χ3n) is 3.05. The van der Waals surface area contributed by atoms with Gasteiger partial charge in [0.15, 0.2) is 5.78 Å². The number of carbonyl (C=O) groups is 1. The molecule has 22 heavy (non-hydrogen) atoms. The number of methoxy groups -OCH3 is 1. The first kappa shape index (κ1) is 15.8. The molecule has 3 nitrogen and oxygen atoms in total. The molecule has 2 aromatic carbocycles. The summed E-state index contributed by atoms with van der Waals surface area (Å²) in [6, 6.07) is 14.7. The highest BCUT2D eigenvalue weighted by Crippen LogP contribution is 2.16. The SMILES string of the molecule is COc1ccc(C(=O)/C=C/c2ccc(OC(C)C)cc2)cc1. The van der Waals surface area contributed by atoms with Gasteiger partial charge in [0.1, 0.15) is 11.5 Å². The third kappa shape index (κ3) is 4.48. The number of hydrogen-bond acceptors (Lipinski definition) is 3. The van der Waals surface area contributed by atoms with E-state index in [1.54, 1.807) is 43.5 Å². The molecule has 0 radical (unpaired) electrons. The topological polar surface area (TPSA) is 35.5 Å². The molecular formula is C19H20O3. The minimum atomic E-state index is -0.0369. The van der Waals surface area contributed by atoms with Gasteiger partial charge in [-0.25, -0.2) is 0 Å². The molecule has 0 unspecified atom stereocenters. The van der Waals surface area contributed by atoms with Gasteiger partial charge in [0.2, 0.25) is 0 Å². The maximum atomic E-state index is 12.1. The van der Waals surface area contributed by atoms with Crippen LogP contribution in [0.5, 0.6) is 11.5 Å². The summed E-state index contributed by atoms with van der Waals surface area (Å²) in [5, 5.41) is 0. The van der Waals surface area contributed by atoms with Crippen molar-refractivity contribution in [2.24, 2.45) is 0 Å². The van der Waals surface area contributed by atoms with E-state index in [-0.39, 0.29) is 11.9 Å². The second-order valence-electron chi connectivity index (χ2n) is 5.16. The third-order valence-corrected chi connectivity index (χ3v) is 3.05. The highest BCUT2D eigenvalue weighted by Gasteiger charge is 2.02. The summed E-state index contributed by atoms with van der Waals surface area (Å²) in [4.78, 5) is 12.1. The van der Waals surface area contributed by atoms with E-state index in [9.17, 15) is 4.79 Å². The second-order valence-corrected chi connectivity index (χ2v) is 5.16. The molecule has 2 aromatic rings. The molecule has 0 bridgehead atoms. The van der Waals surface area contributed by atoms with Crippen molar-refractivity contribution in [1.29, 1.82) is 0 Å². The fourth-order valence-electron chi connectivity index (χ4n) is 1.95. The van der Waals surface area contributed by atoms with Crippen LogP contribution in [0.3, 0.4) is 0 Å². The van der Waals surface area contributed by atoms with E-state index in [0.717, 1.165) is 17.1 Å². The van der Waals surface area contributed by atoms with Crippen molar-refractivity contribution in [3.05, 3.63) is 65.7 Å². The van der Waals surface area contributed by atoms with Crippen LogP contribution in [0.15, 0.2) is 54.6 Å². The molecule has 0 N–H and O–H groups in total. The van der Waals surface area contributed by atoms with Crippen molar-refractivity contribution < 1.29 is 14.3 Å². The Kier molecular flexibility index (Phi) is 5.37. The molecule has 0 heterocycles. The largest absolute Gasteiger partial charge is 0.497 e. The monoisotopic (exact) mass is 296 g/mol. The van der Waals surface area contributed by atoms with Crippen LogP contribution in [0.2, 0.25) is 0 Å². The Morgan fingerprint density at radius 1 is 0.955 bits per heavy atom. The summed E-state index contributed by atoms with van der Waals surface area (Å²) in [6.07, 6.45) is 3.52. The molecule has 0 aromatic heterocycles. The maximum absolute atomic E-state index is 12.1. The van der Waals surface area contributed by atoms with Crippen molar-refractivity contribution in [1.82, 2.24) is 0 Å². The Bertz CT molecular complexity index is 637. The predicted molar refractivity (Wildman–Crippen MR) is 88.6 cm³/mol. The lowest BCUT2D eigenvalue weighted by atomic mass is 10.1. The fourth-order valence-corrected chi connectivity index (χ4v) is 1.95. The minimum Gasteiger partial charge on any atom is -0.497 e. The molecule has 0 saturated heterocycles. The quantitative estimate of drug-likeness (QED) is 0.586. The molecule has 3 heteroatoms. The van der Waals surface area contributed by atoms with Gasteiger partial charge in [-0.2, -0.15) is 0 Å². The van der Waals surface area contributed by atoms with Gasteiger partial charge < -0.3 is 9.47 Å². The van der Waals surface area contributed by atoms with E-state index in [4.69, 9.17) is 9.47 Å². The van der Waals surface area contributed by atoms with Crippen LogP contribution in [-0.4, -0.2) is 19.0 Å². The standard InChI is InChI=1S/C19H20O3/c1-14(2)22-18-9-4-15(5-10-18)6-13-19(20)16-7-11-17(21-3)12-8-16/h4-14H,1-3H3/b13-6+. The van der Waals surface area contributed by atoms with Crippen LogP contribution in [0.25, 0.3) is 6.08 Å². The first-order valence-electron chi connectivity index (χ1n) is 7.21. The van der Waals surface area contributed by atoms with Gasteiger partial charge in [-0.3, -0.25) is 4.79 Å². The lowest BCUT2D eigenvalue weighted by Gasteiger charge is -2.09. The second kappa shape index (κ2) is 7.46. The van der Waals surface area contributed by atoms with E-state index in [1.165, 1.54) is 0 Å². The highest BCUT2D eigenvalue weighted by molar-refractivity contribution is 6.06. The fraction of sp³-hybridized carbons (Fsp3) is 0.211. The summed E-state index contributed by atoms with van der Waals surface area (Å²) in [7, 11) is 1.60. The smallest absolute Gasteiger partial charge is 0.185 e. The number of ketones is 1. The Labute approximate surface area is 131 Å². The van der Waals surface area contributed by atoms with E-state index in [2.05, 4.69) is 0 Å². The van der Waals surface area contributed by atoms with Crippen molar-refractivity contribution >= 4 is 11.9 Å². The first-order chi connectivity index (χ1) is 10.6. The number of allylic oxidation sites excluding steroid dienone is 1. The maximum Gasteiger partial charge on any atom is 0.185 e. The van der Waals surface area contributed by atoms with Gasteiger partial charge in [0.25, 0.3) is 0 Å². The average molecular weight is 296 g/mol. The zero-order valence-corrected chi connectivity index (χ0v) is 13.1. The molecule has 2 rings (SSSR count). The summed E-state index contributed by atoms with van der Waals surface area (Å²) in [6.45, 7) is 3.97. The van der Waals surface area contributed by atoms with Crippen LogP contribution in [-0.2, 0) is 0 Å². The molecule has 114 valence electrons. The zero-order chi connectivity index (χ0) is 15.9. The molecule has 0 aliphatic rings. The van der Waals surface area contributed by atoms with Crippen molar-refractivity contribution in [3.8, 4) is 11.5 Å². The van der Waals surface area contributed by atoms with Gasteiger partial charge in [0.05, 0.1) is 13.2 Å². The van der Waals surface area contributed by atoms with Crippen molar-refractivity contribution in [3.63, 3.8) is 0 Å². The van der Waals surface area contributed by atoms with Crippen molar-refractivity contribution in [2.45, 2.75) is 20.0 Å². The van der Waals surface area contributed by atoms with E-state index in [0.29, 0.717) is 5.56 Å². The molecular weight excluding hydrogens is 276 g/mol. The molecule has 0 saturated carbocycles. The summed E-state index contributed by atoms with van der Waals surface area (Å²) >= 11 is 0. The predicted octanol–water partition coefficient (Wildman–Crippen LogP) is 4.38. The van der Waals surface area contributed by atoms with Gasteiger partial charge in [-0.05, 0) is 61.9 Å². The zero-order valence-electron chi connectivity index (χ0n) is 13.1. The van der Waals surface area contributed by atoms with Crippen LogP contribution in [0.4, 0.5) is 0 Å². The van der Waals surface area contributed by atoms with Crippen LogP contribution < -0.4 is 9.47 Å². The van der Waals surface area contributed by atoms with Gasteiger partial charge in [-0.15, -0.1) is 0 Å². The number of hydrogen-bond donors (Lipinski definition) is 0. The molecule has 0 amide bonds. The summed E-state index contributed by atoms with van der Waals surface area (Å²) in [5.74, 6) is 1.53. The van der Waals surface area contributed by atoms with E-state index in [1.807, 2.05) is 38.1 Å². The molecule has 0 fully saturated rings. The van der Waals surface area contributed by atoms with E-state index < -0.39 is 0 Å².